The Morgan fingerprint density at radius 2 is 1.90 bits per heavy atom. The number of hydrogen-bond donors (Lipinski definition) is 1. The summed E-state index contributed by atoms with van der Waals surface area (Å²) < 4.78 is 43.9. The van der Waals surface area contributed by atoms with Crippen LogP contribution in [0.1, 0.15) is 11.3 Å². The highest BCUT2D eigenvalue weighted by atomic mass is 19.4. The number of nitrogens with two attached hydrogens (primary N) is 1. The molecule has 0 aliphatic heterocycles. The van der Waals surface area contributed by atoms with Gasteiger partial charge in [-0.05, 0) is 24.6 Å². The number of aromatic nitrogens is 2. The van der Waals surface area contributed by atoms with Crippen LogP contribution in [0.15, 0.2) is 34.7 Å². The van der Waals surface area contributed by atoms with E-state index in [9.17, 15) is 13.2 Å². The molecule has 4 nitrogen and oxygen atoms in total. The van der Waals surface area contributed by atoms with Crippen molar-refractivity contribution >= 4 is 16.9 Å². The second-order valence-electron chi connectivity index (χ2n) is 4.60. The lowest BCUT2D eigenvalue weighted by Crippen LogP contribution is -2.11. The van der Waals surface area contributed by atoms with E-state index in [0.29, 0.717) is 5.58 Å². The molecule has 0 unspecified atom stereocenters. The van der Waals surface area contributed by atoms with Crippen molar-refractivity contribution in [1.82, 2.24) is 9.97 Å². The van der Waals surface area contributed by atoms with Crippen molar-refractivity contribution in [3.63, 3.8) is 0 Å². The molecular formula is C14H10F3N3O. The van der Waals surface area contributed by atoms with Crippen molar-refractivity contribution < 1.29 is 17.6 Å². The van der Waals surface area contributed by atoms with E-state index in [-0.39, 0.29) is 11.5 Å². The quantitative estimate of drug-likeness (QED) is 0.741. The molecule has 3 aromatic rings. The first-order valence-electron chi connectivity index (χ1n) is 6.06. The van der Waals surface area contributed by atoms with Crippen LogP contribution in [0.5, 0.6) is 0 Å². The van der Waals surface area contributed by atoms with Crippen molar-refractivity contribution in [2.45, 2.75) is 13.1 Å². The molecule has 108 valence electrons. The van der Waals surface area contributed by atoms with Gasteiger partial charge in [-0.1, -0.05) is 18.2 Å². The average molecular weight is 293 g/mol. The molecule has 2 aromatic heterocycles. The number of halogens is 3. The fourth-order valence-corrected chi connectivity index (χ4v) is 2.07. The number of para-hydroxylation sites is 1. The average Bonchev–Trinajstić information content (AvgIpc) is 2.82. The molecule has 0 saturated carbocycles. The summed E-state index contributed by atoms with van der Waals surface area (Å²) in [7, 11) is 0. The molecule has 0 radical (unpaired) electrons. The number of nitrogens with zero attached hydrogens (tertiary/aromatic N) is 2. The Hall–Kier alpha value is -2.57. The van der Waals surface area contributed by atoms with E-state index >= 15 is 0 Å². The Morgan fingerprint density at radius 1 is 1.14 bits per heavy atom. The predicted molar refractivity (Wildman–Crippen MR) is 71.4 cm³/mol. The molecule has 21 heavy (non-hydrogen) atoms. The lowest BCUT2D eigenvalue weighted by molar-refractivity contribution is -0.141. The highest BCUT2D eigenvalue weighted by Crippen LogP contribution is 2.33. The number of fused-ring (bicyclic) bond motifs is 1. The summed E-state index contributed by atoms with van der Waals surface area (Å²) in [4.78, 5) is 7.02. The van der Waals surface area contributed by atoms with Crippen molar-refractivity contribution in [3.05, 3.63) is 41.6 Å². The SMILES string of the molecule is Cc1cccc2cc(-c3cc(C(F)(F)F)nc(N)n3)oc12. The molecule has 0 amide bonds. The van der Waals surface area contributed by atoms with Gasteiger partial charge in [-0.15, -0.1) is 0 Å². The van der Waals surface area contributed by atoms with Gasteiger partial charge in [0.2, 0.25) is 5.95 Å². The molecule has 0 aliphatic carbocycles. The van der Waals surface area contributed by atoms with Crippen LogP contribution in [0.25, 0.3) is 22.4 Å². The van der Waals surface area contributed by atoms with Crippen LogP contribution in [0.2, 0.25) is 0 Å². The zero-order chi connectivity index (χ0) is 15.2. The van der Waals surface area contributed by atoms with Crippen molar-refractivity contribution in [3.8, 4) is 11.5 Å². The summed E-state index contributed by atoms with van der Waals surface area (Å²) in [5.41, 5.74) is 5.76. The van der Waals surface area contributed by atoms with Crippen LogP contribution in [0, 0.1) is 6.92 Å². The van der Waals surface area contributed by atoms with Crippen molar-refractivity contribution in [2.75, 3.05) is 5.73 Å². The number of nitrogen functional groups attached to an aromatic ring is 1. The Bertz CT molecular complexity index is 824. The van der Waals surface area contributed by atoms with Crippen LogP contribution in [0.3, 0.4) is 0 Å². The third-order valence-electron chi connectivity index (χ3n) is 3.03. The van der Waals surface area contributed by atoms with Gasteiger partial charge in [-0.3, -0.25) is 0 Å². The summed E-state index contributed by atoms with van der Waals surface area (Å²) in [6.07, 6.45) is -4.59. The molecule has 7 heteroatoms. The van der Waals surface area contributed by atoms with Gasteiger partial charge in [0.25, 0.3) is 0 Å². The number of furan rings is 1. The second-order valence-corrected chi connectivity index (χ2v) is 4.60. The smallest absolute Gasteiger partial charge is 0.433 e. The minimum Gasteiger partial charge on any atom is -0.454 e. The third-order valence-corrected chi connectivity index (χ3v) is 3.03. The maximum Gasteiger partial charge on any atom is 0.433 e. The Morgan fingerprint density at radius 3 is 2.57 bits per heavy atom. The van der Waals surface area contributed by atoms with E-state index in [4.69, 9.17) is 10.2 Å². The zero-order valence-electron chi connectivity index (χ0n) is 10.9. The maximum absolute atomic E-state index is 12.8. The van der Waals surface area contributed by atoms with E-state index in [1.165, 1.54) is 0 Å². The van der Waals surface area contributed by atoms with Crippen LogP contribution in [-0.4, -0.2) is 9.97 Å². The number of anilines is 1. The first-order chi connectivity index (χ1) is 9.84. The van der Waals surface area contributed by atoms with Crippen LogP contribution in [-0.2, 0) is 6.18 Å². The number of alkyl halides is 3. The number of rotatable bonds is 1. The summed E-state index contributed by atoms with van der Waals surface area (Å²) in [6.45, 7) is 1.85. The largest absolute Gasteiger partial charge is 0.454 e. The predicted octanol–water partition coefficient (Wildman–Crippen LogP) is 3.80. The highest BCUT2D eigenvalue weighted by Gasteiger charge is 2.33. The fourth-order valence-electron chi connectivity index (χ4n) is 2.07. The zero-order valence-corrected chi connectivity index (χ0v) is 10.9. The van der Waals surface area contributed by atoms with E-state index in [2.05, 4.69) is 9.97 Å². The van der Waals surface area contributed by atoms with E-state index < -0.39 is 17.8 Å². The van der Waals surface area contributed by atoms with E-state index in [1.807, 2.05) is 25.1 Å². The number of benzene rings is 1. The standard InChI is InChI=1S/C14H10F3N3O/c1-7-3-2-4-8-5-10(21-12(7)8)9-6-11(14(15,16)17)20-13(18)19-9/h2-6H,1H3,(H2,18,19,20). The molecule has 0 saturated heterocycles. The van der Waals surface area contributed by atoms with Gasteiger partial charge >= 0.3 is 6.18 Å². The monoisotopic (exact) mass is 293 g/mol. The van der Waals surface area contributed by atoms with Crippen LogP contribution >= 0.6 is 0 Å². The van der Waals surface area contributed by atoms with Crippen LogP contribution in [0.4, 0.5) is 19.1 Å². The van der Waals surface area contributed by atoms with Gasteiger partial charge in [-0.2, -0.15) is 13.2 Å². The second kappa shape index (κ2) is 4.47. The normalized spacial score (nSPS) is 12.0. The first-order valence-corrected chi connectivity index (χ1v) is 6.06. The summed E-state index contributed by atoms with van der Waals surface area (Å²) in [6, 6.07) is 7.95. The van der Waals surface area contributed by atoms with Gasteiger partial charge in [0.15, 0.2) is 11.5 Å². The van der Waals surface area contributed by atoms with E-state index in [1.54, 1.807) is 6.07 Å². The molecule has 0 atom stereocenters. The number of hydrogen-bond acceptors (Lipinski definition) is 4. The minimum absolute atomic E-state index is 0.00502. The molecule has 2 N–H and O–H groups in total. The molecule has 3 rings (SSSR count). The Balaban J connectivity index is 2.18. The van der Waals surface area contributed by atoms with Crippen molar-refractivity contribution in [2.24, 2.45) is 0 Å². The fraction of sp³-hybridized carbons (Fsp3) is 0.143. The van der Waals surface area contributed by atoms with Gasteiger partial charge < -0.3 is 10.2 Å². The molecule has 2 heterocycles. The summed E-state index contributed by atoms with van der Waals surface area (Å²) >= 11 is 0. The van der Waals surface area contributed by atoms with Gasteiger partial charge in [-0.25, -0.2) is 9.97 Å². The maximum atomic E-state index is 12.8. The van der Waals surface area contributed by atoms with Crippen molar-refractivity contribution in [1.29, 1.82) is 0 Å². The Kier molecular flexibility index (Phi) is 2.86. The molecular weight excluding hydrogens is 283 g/mol. The van der Waals surface area contributed by atoms with Gasteiger partial charge in [0.05, 0.1) is 0 Å². The summed E-state index contributed by atoms with van der Waals surface area (Å²) in [5.74, 6) is -0.226. The topological polar surface area (TPSA) is 64.9 Å². The molecule has 0 aliphatic rings. The molecule has 0 bridgehead atoms. The minimum atomic E-state index is -4.59. The third kappa shape index (κ3) is 2.42. The van der Waals surface area contributed by atoms with E-state index in [0.717, 1.165) is 17.0 Å². The lowest BCUT2D eigenvalue weighted by atomic mass is 10.2. The molecule has 1 aromatic carbocycles. The van der Waals surface area contributed by atoms with Crippen LogP contribution < -0.4 is 5.73 Å². The molecule has 0 spiro atoms. The lowest BCUT2D eigenvalue weighted by Gasteiger charge is -2.07. The van der Waals surface area contributed by atoms with Gasteiger partial charge in [0.1, 0.15) is 11.3 Å². The highest BCUT2D eigenvalue weighted by molar-refractivity contribution is 5.84. The summed E-state index contributed by atoms with van der Waals surface area (Å²) in [5, 5.41) is 0.788. The first kappa shape index (κ1) is 13.4. The molecule has 0 fully saturated rings. The van der Waals surface area contributed by atoms with Gasteiger partial charge in [0, 0.05) is 5.39 Å². The number of aryl methyl sites for hydroxylation is 1. The Labute approximate surface area is 117 Å².